The Morgan fingerprint density at radius 2 is 0.556 bits per heavy atom. The fourth-order valence-corrected chi connectivity index (χ4v) is 0. The van der Waals surface area contributed by atoms with Crippen LogP contribution in [0.25, 0.3) is 0 Å². The Kier molecular flexibility index (Phi) is 5.96. The first-order valence-corrected chi connectivity index (χ1v) is 9.28. The van der Waals surface area contributed by atoms with Gasteiger partial charge in [-0.3, -0.25) is 0 Å². The Morgan fingerprint density at radius 3 is 0.556 bits per heavy atom. The molecule has 0 spiro atoms. The summed E-state index contributed by atoms with van der Waals surface area (Å²) in [4.78, 5) is 0. The number of hydrogen-bond acceptors (Lipinski definition) is 0. The Morgan fingerprint density at radius 1 is 0.556 bits per heavy atom. The monoisotopic (exact) mass is 340 g/mol. The molecule has 0 amide bonds. The van der Waals surface area contributed by atoms with E-state index < -0.39 is 20.7 Å². The van der Waals surface area contributed by atoms with Gasteiger partial charge in [-0.25, -0.2) is 0 Å². The van der Waals surface area contributed by atoms with Gasteiger partial charge in [-0.2, -0.15) is 0 Å². The molecule has 0 atom stereocenters. The third-order valence-electron chi connectivity index (χ3n) is 0. The summed E-state index contributed by atoms with van der Waals surface area (Å²) >= 11 is -11.4. The fraction of sp³-hybridized carbons (Fsp3) is 0. The van der Waals surface area contributed by atoms with Crippen LogP contribution in [0.5, 0.6) is 0 Å². The third kappa shape index (κ3) is 124. The standard InChI is InChI=1S/6FH.Hf.2Na/h6*1H;;;/q;;;;;;+4;2*+1/p-6. The largest absolute Gasteiger partial charge is 1.00 e. The molecule has 0 saturated heterocycles. The quantitative estimate of drug-likeness (QED) is 0.318. The van der Waals surface area contributed by atoms with Crippen molar-refractivity contribution in [2.24, 2.45) is 0 Å². The third-order valence-corrected chi connectivity index (χ3v) is 0. The van der Waals surface area contributed by atoms with Crippen molar-refractivity contribution in [2.45, 2.75) is 0 Å². The van der Waals surface area contributed by atoms with E-state index in [0.29, 0.717) is 0 Å². The van der Waals surface area contributed by atoms with E-state index >= 15 is 0 Å². The number of hydrogen-bond donors (Lipinski definition) is 0. The normalized spacial score (nSPS) is 18.0. The molecule has 0 aliphatic rings. The minimum absolute atomic E-state index is 0. The van der Waals surface area contributed by atoms with E-state index in [2.05, 4.69) is 0 Å². The smallest absolute Gasteiger partial charge is 1.00 e. The van der Waals surface area contributed by atoms with Crippen LogP contribution in [0.15, 0.2) is 0 Å². The Hall–Kier alpha value is 2.45. The van der Waals surface area contributed by atoms with Crippen molar-refractivity contribution < 1.29 is 95.8 Å². The van der Waals surface area contributed by atoms with Gasteiger partial charge in [-0.1, -0.05) is 0 Å². The Bertz CT molecular complexity index is 69.6. The zero-order valence-corrected chi connectivity index (χ0v) is 12.4. The number of rotatable bonds is 0. The van der Waals surface area contributed by atoms with Crippen molar-refractivity contribution in [3.8, 4) is 0 Å². The van der Waals surface area contributed by atoms with Gasteiger partial charge in [0, 0.05) is 0 Å². The van der Waals surface area contributed by atoms with Crippen molar-refractivity contribution in [3.05, 3.63) is 0 Å². The van der Waals surface area contributed by atoms with Gasteiger partial charge in [0.05, 0.1) is 0 Å². The predicted octanol–water partition coefficient (Wildman–Crippen LogP) is -3.47. The van der Waals surface area contributed by atoms with Crippen LogP contribution in [-0.4, -0.2) is 0 Å². The molecule has 0 radical (unpaired) electrons. The van der Waals surface area contributed by atoms with Gasteiger partial charge in [0.25, 0.3) is 0 Å². The predicted molar refractivity (Wildman–Crippen MR) is 6.65 cm³/mol. The minimum atomic E-state index is -11.4. The summed E-state index contributed by atoms with van der Waals surface area (Å²) in [5.74, 6) is 0. The molecule has 9 heteroatoms. The summed E-state index contributed by atoms with van der Waals surface area (Å²) in [6.07, 6.45) is 0. The first-order chi connectivity index (χ1) is 2.45. The summed E-state index contributed by atoms with van der Waals surface area (Å²) in [7, 11) is 0. The molecule has 0 aromatic rings. The average Bonchev–Trinajstić information content (AvgIpc) is 0.592. The second-order valence-corrected chi connectivity index (χ2v) is 8.77. The van der Waals surface area contributed by atoms with Crippen molar-refractivity contribution in [3.63, 3.8) is 0 Å². The number of halogens is 6. The average molecular weight is 338 g/mol. The summed E-state index contributed by atoms with van der Waals surface area (Å²) in [6, 6.07) is 0. The summed E-state index contributed by atoms with van der Waals surface area (Å²) < 4.78 is 59.6. The van der Waals surface area contributed by atoms with Crippen LogP contribution in [0.4, 0.5) is 16.0 Å². The molecule has 0 nitrogen and oxygen atoms in total. The van der Waals surface area contributed by atoms with Gasteiger partial charge in [-0.05, 0) is 0 Å². The van der Waals surface area contributed by atoms with E-state index in [9.17, 15) is 16.0 Å². The van der Waals surface area contributed by atoms with Crippen molar-refractivity contribution in [1.29, 1.82) is 0 Å². The molecule has 48 valence electrons. The molecular weight excluding hydrogens is 338 g/mol. The second-order valence-electron chi connectivity index (χ2n) is 1.07. The molecule has 0 aromatic carbocycles. The van der Waals surface area contributed by atoms with Gasteiger partial charge in [0.1, 0.15) is 0 Å². The van der Waals surface area contributed by atoms with E-state index in [0.717, 1.165) is 0 Å². The second kappa shape index (κ2) is 3.06. The topological polar surface area (TPSA) is 0 Å². The molecule has 0 heterocycles. The van der Waals surface area contributed by atoms with Gasteiger partial charge >= 0.3 is 95.8 Å². The Balaban J connectivity index is -0.000000180. The van der Waals surface area contributed by atoms with Gasteiger partial charge in [0.15, 0.2) is 0 Å². The molecule has 0 bridgehead atoms. The first-order valence-electron chi connectivity index (χ1n) is 1.13. The maximum absolute atomic E-state index is 11.4. The minimum Gasteiger partial charge on any atom is 1.00 e. The molecule has 0 saturated carbocycles. The molecule has 0 aliphatic heterocycles. The summed E-state index contributed by atoms with van der Waals surface area (Å²) in [6.45, 7) is 0. The van der Waals surface area contributed by atoms with Crippen LogP contribution in [0, 0.1) is 0 Å². The van der Waals surface area contributed by atoms with Crippen LogP contribution >= 0.6 is 0 Å². The first kappa shape index (κ1) is 17.5. The molecular formula is F6HfNa2. The van der Waals surface area contributed by atoms with E-state index in [-0.39, 0.29) is 59.1 Å². The zero-order chi connectivity index (χ0) is 6.41. The molecule has 9 heavy (non-hydrogen) atoms. The van der Waals surface area contributed by atoms with Crippen molar-refractivity contribution in [1.82, 2.24) is 0 Å². The van der Waals surface area contributed by atoms with Crippen LogP contribution in [0.3, 0.4) is 0 Å². The van der Waals surface area contributed by atoms with Crippen LogP contribution < -0.4 is 59.1 Å². The van der Waals surface area contributed by atoms with Gasteiger partial charge in [-0.15, -0.1) is 0 Å². The molecule has 0 aliphatic carbocycles. The van der Waals surface area contributed by atoms with Crippen molar-refractivity contribution >= 4 is 0 Å². The molecule has 0 unspecified atom stereocenters. The SMILES string of the molecule is [F][Hf-2]([F])([F])([F])([F])[F].[Na+].[Na+]. The molecule has 0 aromatic heterocycles. The van der Waals surface area contributed by atoms with Gasteiger partial charge < -0.3 is 0 Å². The molecule has 0 N–H and O–H groups in total. The molecule has 0 fully saturated rings. The van der Waals surface area contributed by atoms with E-state index in [1.807, 2.05) is 0 Å². The van der Waals surface area contributed by atoms with Crippen LogP contribution in [-0.2, 0) is 20.7 Å². The maximum Gasteiger partial charge on any atom is 1.00 e. The van der Waals surface area contributed by atoms with E-state index in [1.165, 1.54) is 0 Å². The zero-order valence-electron chi connectivity index (χ0n) is 4.77. The fourth-order valence-electron chi connectivity index (χ4n) is 0. The van der Waals surface area contributed by atoms with Gasteiger partial charge in [0.2, 0.25) is 0 Å². The van der Waals surface area contributed by atoms with Crippen molar-refractivity contribution in [2.75, 3.05) is 0 Å². The van der Waals surface area contributed by atoms with Crippen LogP contribution in [0.1, 0.15) is 0 Å². The molecule has 0 rings (SSSR count). The van der Waals surface area contributed by atoms with Crippen LogP contribution in [0.2, 0.25) is 0 Å². The summed E-state index contributed by atoms with van der Waals surface area (Å²) in [5.41, 5.74) is 0. The Labute approximate surface area is 94.0 Å². The maximum atomic E-state index is 9.94. The van der Waals surface area contributed by atoms with E-state index in [4.69, 9.17) is 0 Å². The van der Waals surface area contributed by atoms with E-state index in [1.54, 1.807) is 0 Å². The summed E-state index contributed by atoms with van der Waals surface area (Å²) in [5, 5.41) is 0.